The number of benzene rings is 1. The molecule has 12 heteroatoms. The van der Waals surface area contributed by atoms with Gasteiger partial charge in [-0.3, -0.25) is 14.4 Å². The van der Waals surface area contributed by atoms with Gasteiger partial charge in [-0.05, 0) is 24.3 Å². The maximum absolute atomic E-state index is 12.4. The van der Waals surface area contributed by atoms with E-state index in [4.69, 9.17) is 17.3 Å². The maximum atomic E-state index is 12.4. The van der Waals surface area contributed by atoms with E-state index in [1.54, 1.807) is 5.43 Å². The molecule has 0 saturated carbocycles. The summed E-state index contributed by atoms with van der Waals surface area (Å²) in [7, 11) is 1.87. The zero-order chi connectivity index (χ0) is 20.6. The number of ketones is 1. The van der Waals surface area contributed by atoms with Crippen molar-refractivity contribution in [3.63, 3.8) is 0 Å². The number of carbonyl (C=O) groups is 5. The predicted molar refractivity (Wildman–Crippen MR) is 92.8 cm³/mol. The van der Waals surface area contributed by atoms with E-state index in [0.29, 0.717) is 5.02 Å². The summed E-state index contributed by atoms with van der Waals surface area (Å²) in [4.78, 5) is 59.3. The van der Waals surface area contributed by atoms with Crippen LogP contribution in [0.3, 0.4) is 0 Å². The first-order chi connectivity index (χ1) is 12.7. The zero-order valence-electron chi connectivity index (χ0n) is 14.1. The summed E-state index contributed by atoms with van der Waals surface area (Å²) in [6, 6.07) is 4.54. The summed E-state index contributed by atoms with van der Waals surface area (Å²) in [6.45, 7) is 0. The zero-order valence-corrected chi connectivity index (χ0v) is 14.9. The average Bonchev–Trinajstić information content (AvgIpc) is 2.64. The molecular weight excluding hydrogens is 384 g/mol. The molecule has 1 atom stereocenters. The second-order valence-electron chi connectivity index (χ2n) is 4.75. The molecule has 0 saturated heterocycles. The molecule has 0 aromatic heterocycles. The highest BCUT2D eigenvalue weighted by atomic mass is 35.5. The SMILES string of the molecule is COC(=O)C(=NNC(N)=O)C(C(=O)OC)C(=O)C(=O)Nc1ccc(Cl)cc1. The summed E-state index contributed by atoms with van der Waals surface area (Å²) in [5.41, 5.74) is 5.84. The molecule has 1 aromatic rings. The fourth-order valence-electron chi connectivity index (χ4n) is 1.77. The Kier molecular flexibility index (Phi) is 7.89. The van der Waals surface area contributed by atoms with Crippen molar-refractivity contribution in [2.24, 2.45) is 16.8 Å². The lowest BCUT2D eigenvalue weighted by Crippen LogP contribution is -2.44. The van der Waals surface area contributed by atoms with Crippen LogP contribution in [0.4, 0.5) is 10.5 Å². The van der Waals surface area contributed by atoms with Crippen LogP contribution in [0, 0.1) is 5.92 Å². The first-order valence-corrected chi connectivity index (χ1v) is 7.49. The Hall–Kier alpha value is -3.47. The topological polar surface area (TPSA) is 166 Å². The van der Waals surface area contributed by atoms with Gasteiger partial charge in [0.1, 0.15) is 0 Å². The molecule has 0 fully saturated rings. The Morgan fingerprint density at radius 3 is 2.15 bits per heavy atom. The number of anilines is 1. The fourth-order valence-corrected chi connectivity index (χ4v) is 1.89. The number of nitrogens with one attached hydrogen (secondary N) is 2. The van der Waals surface area contributed by atoms with Crippen LogP contribution < -0.4 is 16.5 Å². The van der Waals surface area contributed by atoms with Crippen LogP contribution in [0.2, 0.25) is 5.02 Å². The van der Waals surface area contributed by atoms with Crippen LogP contribution in [0.25, 0.3) is 0 Å². The van der Waals surface area contributed by atoms with Gasteiger partial charge in [0.25, 0.3) is 5.91 Å². The maximum Gasteiger partial charge on any atom is 0.355 e. The van der Waals surface area contributed by atoms with Crippen molar-refractivity contribution in [3.05, 3.63) is 29.3 Å². The standard InChI is InChI=1S/C15H15ClN4O7/c1-26-13(23)9(10(14(24)27-2)19-20-15(17)25)11(21)12(22)18-8-5-3-7(16)4-6-8/h3-6,9H,1-2H3,(H,18,22)(H3,17,20,25). The Balaban J connectivity index is 3.20. The third-order valence-electron chi connectivity index (χ3n) is 2.98. The molecule has 11 nitrogen and oxygen atoms in total. The van der Waals surface area contributed by atoms with Crippen LogP contribution in [0.15, 0.2) is 29.4 Å². The molecule has 1 rings (SSSR count). The number of primary amides is 1. The molecule has 144 valence electrons. The Morgan fingerprint density at radius 1 is 1.07 bits per heavy atom. The van der Waals surface area contributed by atoms with Gasteiger partial charge in [0.2, 0.25) is 5.78 Å². The molecule has 0 aliphatic carbocycles. The quantitative estimate of drug-likeness (QED) is 0.188. The highest BCUT2D eigenvalue weighted by Crippen LogP contribution is 2.15. The van der Waals surface area contributed by atoms with Gasteiger partial charge in [0.15, 0.2) is 11.6 Å². The largest absolute Gasteiger partial charge is 0.468 e. The Morgan fingerprint density at radius 2 is 1.67 bits per heavy atom. The van der Waals surface area contributed by atoms with Crippen molar-refractivity contribution in [1.29, 1.82) is 0 Å². The van der Waals surface area contributed by atoms with Crippen molar-refractivity contribution < 1.29 is 33.4 Å². The molecule has 1 unspecified atom stereocenters. The summed E-state index contributed by atoms with van der Waals surface area (Å²) in [6.07, 6.45) is 0. The number of nitrogens with two attached hydrogens (primary N) is 1. The molecule has 0 spiro atoms. The summed E-state index contributed by atoms with van der Waals surface area (Å²) < 4.78 is 8.86. The van der Waals surface area contributed by atoms with Gasteiger partial charge in [-0.1, -0.05) is 11.6 Å². The van der Waals surface area contributed by atoms with Gasteiger partial charge in [-0.15, -0.1) is 0 Å². The van der Waals surface area contributed by atoms with Crippen molar-refractivity contribution in [2.45, 2.75) is 0 Å². The highest BCUT2D eigenvalue weighted by Gasteiger charge is 2.41. The number of nitrogens with zero attached hydrogens (tertiary/aromatic N) is 1. The number of halogens is 1. The van der Waals surface area contributed by atoms with E-state index >= 15 is 0 Å². The van der Waals surface area contributed by atoms with E-state index in [1.165, 1.54) is 24.3 Å². The minimum absolute atomic E-state index is 0.202. The van der Waals surface area contributed by atoms with Crippen molar-refractivity contribution in [3.8, 4) is 0 Å². The van der Waals surface area contributed by atoms with E-state index < -0.39 is 41.3 Å². The number of amides is 3. The molecule has 27 heavy (non-hydrogen) atoms. The first kappa shape index (κ1) is 21.6. The third-order valence-corrected chi connectivity index (χ3v) is 3.23. The minimum Gasteiger partial charge on any atom is -0.468 e. The van der Waals surface area contributed by atoms with Gasteiger partial charge in [-0.2, -0.15) is 5.10 Å². The van der Waals surface area contributed by atoms with Gasteiger partial charge in [0, 0.05) is 10.7 Å². The first-order valence-electron chi connectivity index (χ1n) is 7.11. The molecule has 3 amide bonds. The van der Waals surface area contributed by atoms with E-state index in [9.17, 15) is 24.0 Å². The van der Waals surface area contributed by atoms with Gasteiger partial charge in [0.05, 0.1) is 14.2 Å². The third kappa shape index (κ3) is 6.08. The monoisotopic (exact) mass is 398 g/mol. The van der Waals surface area contributed by atoms with Crippen LogP contribution >= 0.6 is 11.6 Å². The number of esters is 2. The number of hydrogen-bond donors (Lipinski definition) is 3. The summed E-state index contributed by atoms with van der Waals surface area (Å²) in [5, 5.41) is 5.91. The Bertz CT molecular complexity index is 792. The second-order valence-corrected chi connectivity index (χ2v) is 5.18. The number of ether oxygens (including phenoxy) is 2. The van der Waals surface area contributed by atoms with E-state index in [0.717, 1.165) is 14.2 Å². The van der Waals surface area contributed by atoms with Crippen LogP contribution in [-0.2, 0) is 28.7 Å². The number of urea groups is 1. The minimum atomic E-state index is -2.10. The molecule has 0 aliphatic rings. The molecule has 0 bridgehead atoms. The lowest BCUT2D eigenvalue weighted by atomic mass is 9.97. The van der Waals surface area contributed by atoms with Crippen molar-refractivity contribution in [2.75, 3.05) is 19.5 Å². The summed E-state index contributed by atoms with van der Waals surface area (Å²) in [5.74, 6) is -7.26. The number of methoxy groups -OCH3 is 2. The van der Waals surface area contributed by atoms with Crippen molar-refractivity contribution >= 4 is 52.7 Å². The smallest absolute Gasteiger partial charge is 0.355 e. The Labute approximate surface area is 157 Å². The summed E-state index contributed by atoms with van der Waals surface area (Å²) >= 11 is 5.72. The number of hydrogen-bond acceptors (Lipinski definition) is 8. The van der Waals surface area contributed by atoms with Crippen LogP contribution in [0.5, 0.6) is 0 Å². The molecule has 1 aromatic carbocycles. The van der Waals surface area contributed by atoms with Crippen LogP contribution in [-0.4, -0.2) is 49.6 Å². The van der Waals surface area contributed by atoms with Gasteiger partial charge < -0.3 is 20.5 Å². The predicted octanol–water partition coefficient (Wildman–Crippen LogP) is -0.166. The van der Waals surface area contributed by atoms with Crippen LogP contribution in [0.1, 0.15) is 0 Å². The van der Waals surface area contributed by atoms with Gasteiger partial charge >= 0.3 is 18.0 Å². The lowest BCUT2D eigenvalue weighted by Gasteiger charge is -2.14. The number of Topliss-reactive ketones (excluding diaryl/α,β-unsaturated/α-hetero) is 1. The normalized spacial score (nSPS) is 11.7. The molecule has 0 heterocycles. The molecule has 0 radical (unpaired) electrons. The fraction of sp³-hybridized carbons (Fsp3) is 0.200. The van der Waals surface area contributed by atoms with E-state index in [2.05, 4.69) is 19.9 Å². The van der Waals surface area contributed by atoms with E-state index in [-0.39, 0.29) is 5.69 Å². The lowest BCUT2D eigenvalue weighted by molar-refractivity contribution is -0.150. The molecule has 0 aliphatic heterocycles. The van der Waals surface area contributed by atoms with Crippen molar-refractivity contribution in [1.82, 2.24) is 5.43 Å². The average molecular weight is 399 g/mol. The number of carbonyl (C=O) groups excluding carboxylic acids is 5. The molecular formula is C15H15ClN4O7. The number of hydrazone groups is 1. The van der Waals surface area contributed by atoms with Gasteiger partial charge in [-0.25, -0.2) is 15.0 Å². The second kappa shape index (κ2) is 9.87. The highest BCUT2D eigenvalue weighted by molar-refractivity contribution is 6.55. The number of rotatable bonds is 7. The molecule has 4 N–H and O–H groups in total. The van der Waals surface area contributed by atoms with E-state index in [1.807, 2.05) is 0 Å².